The van der Waals surface area contributed by atoms with Gasteiger partial charge in [-0.2, -0.15) is 0 Å². The van der Waals surface area contributed by atoms with Crippen molar-refractivity contribution in [2.75, 3.05) is 0 Å². The number of aliphatic carboxylic acids is 2. The third-order valence-electron chi connectivity index (χ3n) is 12.9. The van der Waals surface area contributed by atoms with Gasteiger partial charge in [0.15, 0.2) is 0 Å². The van der Waals surface area contributed by atoms with Gasteiger partial charge in [-0.05, 0) is 86.2 Å². The van der Waals surface area contributed by atoms with Crippen molar-refractivity contribution < 1.29 is 69.5 Å². The van der Waals surface area contributed by atoms with E-state index in [1.165, 1.54) is 0 Å². The van der Waals surface area contributed by atoms with E-state index >= 15 is 0 Å². The number of rotatable bonds is 20. The van der Waals surface area contributed by atoms with Crippen LogP contribution in [0.3, 0.4) is 0 Å². The third-order valence-corrected chi connectivity index (χ3v) is 12.9. The Bertz CT molecular complexity index is 1460. The summed E-state index contributed by atoms with van der Waals surface area (Å²) in [7, 11) is 0. The molecule has 0 radical (unpaired) electrons. The zero-order valence-corrected chi connectivity index (χ0v) is 36.2. The van der Waals surface area contributed by atoms with E-state index in [4.69, 9.17) is 19.7 Å². The molecule has 0 saturated heterocycles. The number of aliphatic hydroxyl groups is 6. The van der Waals surface area contributed by atoms with Gasteiger partial charge in [0.1, 0.15) is 12.2 Å². The average molecular weight is 1040 g/mol. The first-order valence-corrected chi connectivity index (χ1v) is 22.0. The van der Waals surface area contributed by atoms with E-state index in [1.54, 1.807) is 0 Å². The van der Waals surface area contributed by atoms with E-state index in [0.717, 1.165) is 11.1 Å². The summed E-state index contributed by atoms with van der Waals surface area (Å²) in [4.78, 5) is 46.3. The number of carboxylic acids is 2. The molecule has 8 N–H and O–H groups in total. The number of carbonyl (C=O) groups is 4. The van der Waals surface area contributed by atoms with Gasteiger partial charge in [-0.15, -0.1) is 0 Å². The summed E-state index contributed by atoms with van der Waals surface area (Å²) in [6.07, 6.45) is 9.28. The molecule has 0 unspecified atom stereocenters. The minimum absolute atomic E-state index is 0. The van der Waals surface area contributed by atoms with Gasteiger partial charge in [0, 0.05) is 24.7 Å². The molecule has 4 aliphatic rings. The van der Waals surface area contributed by atoms with E-state index in [2.05, 4.69) is 26.0 Å². The van der Waals surface area contributed by atoms with E-state index in [9.17, 15) is 49.8 Å². The number of fused-ring (bicyclic) bond motifs is 2. The summed E-state index contributed by atoms with van der Waals surface area (Å²) in [6.45, 7) is 11.7. The maximum absolute atomic E-state index is 12.4. The van der Waals surface area contributed by atoms with Crippen LogP contribution >= 0.6 is 0 Å². The number of hydrogen-bond acceptors (Lipinski definition) is 12. The van der Waals surface area contributed by atoms with Crippen LogP contribution in [0.1, 0.15) is 119 Å². The molecule has 22 heteroatoms. The van der Waals surface area contributed by atoms with Crippen LogP contribution in [0.25, 0.3) is 0 Å². The van der Waals surface area contributed by atoms with Gasteiger partial charge in [0.2, 0.25) is 0 Å². The third kappa shape index (κ3) is 29.0. The van der Waals surface area contributed by atoms with Gasteiger partial charge < -0.3 is 50.3 Å². The molecule has 0 fully saturated rings. The molecule has 356 valence electrons. The average Bonchev–Trinajstić information content (AvgIpc) is 3.15. The molecule has 0 aromatic heterocycles. The fourth-order valence-corrected chi connectivity index (χ4v) is 9.04. The molecule has 0 heterocycles. The van der Waals surface area contributed by atoms with Crippen molar-refractivity contribution in [3.8, 4) is 0 Å². The molecule has 4 rings (SSSR count). The van der Waals surface area contributed by atoms with Gasteiger partial charge >= 0.3 is 260 Å². The Labute approximate surface area is 582 Å². The van der Waals surface area contributed by atoms with Crippen molar-refractivity contribution in [2.24, 2.45) is 47.3 Å². The Hall–Kier alpha value is 4.60. The first-order valence-electron chi connectivity index (χ1n) is 22.0. The molecule has 0 saturated carbocycles. The Balaban J connectivity index is -0.000000253. The van der Waals surface area contributed by atoms with Crippen molar-refractivity contribution in [1.82, 2.24) is 0 Å². The molecule has 0 amide bonds. The molecular formula is C46H80Na8O14. The normalized spacial score (nSPS) is 27.6. The van der Waals surface area contributed by atoms with Crippen LogP contribution in [0.15, 0.2) is 47.6 Å². The number of ether oxygens (including phenoxy) is 2. The molecule has 0 aromatic carbocycles. The molecule has 0 aliphatic heterocycles. The van der Waals surface area contributed by atoms with Crippen molar-refractivity contribution in [3.05, 3.63) is 47.6 Å². The summed E-state index contributed by atoms with van der Waals surface area (Å²) in [5.74, 6) is -2.62. The Morgan fingerprint density at radius 2 is 0.882 bits per heavy atom. The van der Waals surface area contributed by atoms with Crippen LogP contribution in [-0.2, 0) is 28.7 Å². The maximum atomic E-state index is 12.4. The second kappa shape index (κ2) is 43.5. The fraction of sp³-hybridized carbons (Fsp3) is 0.739. The van der Waals surface area contributed by atoms with Crippen LogP contribution in [0.2, 0.25) is 0 Å². The summed E-state index contributed by atoms with van der Waals surface area (Å²) < 4.78 is 11.7. The molecule has 68 heavy (non-hydrogen) atoms. The molecule has 4 aliphatic carbocycles. The van der Waals surface area contributed by atoms with Crippen LogP contribution < -0.4 is 0 Å². The molecule has 14 nitrogen and oxygen atoms in total. The zero-order chi connectivity index (χ0) is 44.8. The van der Waals surface area contributed by atoms with Crippen molar-refractivity contribution in [2.45, 2.75) is 167 Å². The van der Waals surface area contributed by atoms with Crippen molar-refractivity contribution in [1.29, 1.82) is 0 Å². The summed E-state index contributed by atoms with van der Waals surface area (Å²) in [5.41, 5.74) is 1.92. The number of esters is 2. The van der Waals surface area contributed by atoms with Gasteiger partial charge in [-0.25, -0.2) is 0 Å². The summed E-state index contributed by atoms with van der Waals surface area (Å²) in [5, 5.41) is 78.1. The van der Waals surface area contributed by atoms with Crippen molar-refractivity contribution >= 4 is 260 Å². The van der Waals surface area contributed by atoms with Crippen molar-refractivity contribution in [3.63, 3.8) is 0 Å². The van der Waals surface area contributed by atoms with E-state index in [0.29, 0.717) is 51.4 Å². The molecule has 0 bridgehead atoms. The Morgan fingerprint density at radius 3 is 1.16 bits per heavy atom. The van der Waals surface area contributed by atoms with E-state index in [1.807, 2.05) is 52.0 Å². The number of hydrogen-bond donors (Lipinski definition) is 8. The Kier molecular flexibility index (Phi) is 53.7. The molecular weight excluding hydrogens is 960 g/mol. The number of aliphatic hydroxyl groups excluding tert-OH is 6. The van der Waals surface area contributed by atoms with Gasteiger partial charge in [-0.3, -0.25) is 19.2 Å². The number of carbonyl (C=O) groups excluding carboxylic acids is 2. The van der Waals surface area contributed by atoms with Crippen LogP contribution in [0.5, 0.6) is 0 Å². The standard InChI is InChI=1S/2C23H36O7.8Na.8H/c2*1-4-13(2)23(29)30-20-11-17(25)9-15-6-5-14(3)19(22(15)20)8-7-16(24)10-18(26)12-21(27)28;;;;;;;;;;;;;;;;/h2*5-6,9,13-14,16-20,22,24-26H,4,7-8,10-12H2,1-3H3,(H,27,28);;;;;;;;;;;;;;;;/t2*13-,14-,16+,17+,18+,19-,20-,22-;;;;;;;;;;;;;;;;/m00................/s1. The second-order valence-electron chi connectivity index (χ2n) is 17.8. The van der Waals surface area contributed by atoms with Crippen LogP contribution in [-0.4, -0.2) is 350 Å². The minimum atomic E-state index is -1.10. The second-order valence-corrected chi connectivity index (χ2v) is 17.8. The fourth-order valence-electron chi connectivity index (χ4n) is 9.04. The van der Waals surface area contributed by atoms with Gasteiger partial charge in [0.05, 0.1) is 61.3 Å². The monoisotopic (exact) mass is 1040 g/mol. The van der Waals surface area contributed by atoms with Gasteiger partial charge in [0.25, 0.3) is 0 Å². The first kappa shape index (κ1) is 83.9. The predicted molar refractivity (Wildman–Crippen MR) is 280 cm³/mol. The van der Waals surface area contributed by atoms with Crippen LogP contribution in [0, 0.1) is 47.3 Å². The number of carboxylic acid groups (broad SMARTS) is 2. The summed E-state index contributed by atoms with van der Waals surface area (Å²) >= 11 is 0. The van der Waals surface area contributed by atoms with E-state index in [-0.39, 0.29) is 321 Å². The summed E-state index contributed by atoms with van der Waals surface area (Å²) in [6, 6.07) is 0. The zero-order valence-electron chi connectivity index (χ0n) is 36.2. The van der Waals surface area contributed by atoms with Crippen LogP contribution in [0.4, 0.5) is 0 Å². The molecule has 16 atom stereocenters. The molecule has 0 spiro atoms. The number of allylic oxidation sites excluding steroid dienone is 4. The Morgan fingerprint density at radius 1 is 0.574 bits per heavy atom. The SMILES string of the molecule is CC[C@H](C)C(=O)O[C@H]1C[C@H](O)C=C2C=C[C@H](C)[C@H](CC[C@@H](O)C[C@@H](O)CC(=O)O)[C@H]21.CC[C@H](C)C(=O)O[C@H]1C[C@H](O)C=C2C=C[C@H](C)[C@H](CC[C@@H](O)C[C@@H](O)CC(=O)O)[C@H]21.[NaH].[NaH].[NaH].[NaH].[NaH].[NaH].[NaH].[NaH]. The topological polar surface area (TPSA) is 249 Å². The quantitative estimate of drug-likeness (QED) is 0.0577. The van der Waals surface area contributed by atoms with Gasteiger partial charge in [-0.1, -0.05) is 78.0 Å². The predicted octanol–water partition coefficient (Wildman–Crippen LogP) is -0.307. The first-order chi connectivity index (χ1) is 28.2. The van der Waals surface area contributed by atoms with E-state index < -0.39 is 60.8 Å². The molecule has 0 aromatic rings.